The van der Waals surface area contributed by atoms with E-state index in [2.05, 4.69) is 32.5 Å². The lowest BCUT2D eigenvalue weighted by Crippen LogP contribution is -2.38. The Morgan fingerprint density at radius 3 is 2.81 bits per heavy atom. The summed E-state index contributed by atoms with van der Waals surface area (Å²) in [5, 5.41) is 7.05. The molecule has 31 heavy (non-hydrogen) atoms. The van der Waals surface area contributed by atoms with Crippen LogP contribution in [0.1, 0.15) is 42.2 Å². The van der Waals surface area contributed by atoms with Gasteiger partial charge in [-0.05, 0) is 80.6 Å². The van der Waals surface area contributed by atoms with Crippen molar-refractivity contribution in [2.24, 2.45) is 0 Å². The summed E-state index contributed by atoms with van der Waals surface area (Å²) >= 11 is 0. The number of piperidine rings is 1. The third-order valence-corrected chi connectivity index (χ3v) is 6.21. The zero-order valence-electron chi connectivity index (χ0n) is 17.3. The largest absolute Gasteiger partial charge is 0.339 e. The molecule has 5 rings (SSSR count). The molecular formula is C24H25FN4O2. The fourth-order valence-corrected chi connectivity index (χ4v) is 4.54. The molecule has 2 aliphatic rings. The number of carbonyl (C=O) groups excluding carboxylic acids is 1. The van der Waals surface area contributed by atoms with Crippen LogP contribution in [0.25, 0.3) is 11.4 Å². The first-order valence-electron chi connectivity index (χ1n) is 10.9. The molecule has 1 aliphatic carbocycles. The van der Waals surface area contributed by atoms with Gasteiger partial charge in [0.15, 0.2) is 0 Å². The summed E-state index contributed by atoms with van der Waals surface area (Å²) < 4.78 is 18.9. The van der Waals surface area contributed by atoms with E-state index in [1.165, 1.54) is 29.7 Å². The average molecular weight is 420 g/mol. The molecule has 0 bridgehead atoms. The molecular weight excluding hydrogens is 395 g/mol. The van der Waals surface area contributed by atoms with Crippen molar-refractivity contribution in [2.75, 3.05) is 25.0 Å². The highest BCUT2D eigenvalue weighted by molar-refractivity contribution is 5.92. The molecule has 7 heteroatoms. The van der Waals surface area contributed by atoms with Crippen molar-refractivity contribution in [3.63, 3.8) is 0 Å². The van der Waals surface area contributed by atoms with Gasteiger partial charge in [0.1, 0.15) is 5.82 Å². The maximum atomic E-state index is 13.4. The summed E-state index contributed by atoms with van der Waals surface area (Å²) in [5.74, 6) is 0.843. The van der Waals surface area contributed by atoms with Crippen molar-refractivity contribution >= 4 is 11.6 Å². The van der Waals surface area contributed by atoms with Crippen LogP contribution in [0.3, 0.4) is 0 Å². The first-order valence-corrected chi connectivity index (χ1v) is 10.9. The van der Waals surface area contributed by atoms with Crippen molar-refractivity contribution in [2.45, 2.75) is 38.0 Å². The predicted molar refractivity (Wildman–Crippen MR) is 115 cm³/mol. The number of anilines is 1. The minimum Gasteiger partial charge on any atom is -0.339 e. The Hall–Kier alpha value is -3.06. The number of hydrogen-bond donors (Lipinski definition) is 1. The van der Waals surface area contributed by atoms with Crippen LogP contribution < -0.4 is 5.32 Å². The molecule has 2 aromatic carbocycles. The number of likely N-dealkylation sites (tertiary alicyclic amines) is 1. The number of nitrogens with zero attached hydrogens (tertiary/aromatic N) is 3. The molecule has 0 saturated carbocycles. The Balaban J connectivity index is 1.13. The van der Waals surface area contributed by atoms with Gasteiger partial charge in [-0.3, -0.25) is 9.69 Å². The van der Waals surface area contributed by atoms with Crippen molar-refractivity contribution < 1.29 is 13.7 Å². The average Bonchev–Trinajstić information content (AvgIpc) is 3.44. The van der Waals surface area contributed by atoms with E-state index in [9.17, 15) is 9.18 Å². The summed E-state index contributed by atoms with van der Waals surface area (Å²) in [6.45, 7) is 1.96. The highest BCUT2D eigenvalue weighted by atomic mass is 19.1. The van der Waals surface area contributed by atoms with Crippen molar-refractivity contribution in [3.8, 4) is 11.4 Å². The number of rotatable bonds is 5. The Labute approximate surface area is 180 Å². The molecule has 1 saturated heterocycles. The molecule has 160 valence electrons. The quantitative estimate of drug-likeness (QED) is 0.670. The SMILES string of the molecule is O=C(CN1CCC(c2nc(-c3cccc(F)c3)no2)CC1)Nc1ccc2c(c1)CCC2. The lowest BCUT2D eigenvalue weighted by molar-refractivity contribution is -0.117. The fraction of sp³-hybridized carbons (Fsp3) is 0.375. The van der Waals surface area contributed by atoms with Gasteiger partial charge in [0.05, 0.1) is 6.54 Å². The van der Waals surface area contributed by atoms with Crippen molar-refractivity contribution in [1.29, 1.82) is 0 Å². The molecule has 1 amide bonds. The van der Waals surface area contributed by atoms with Crippen LogP contribution in [0.15, 0.2) is 47.0 Å². The maximum Gasteiger partial charge on any atom is 0.238 e. The summed E-state index contributed by atoms with van der Waals surface area (Å²) in [5.41, 5.74) is 4.25. The second-order valence-electron chi connectivity index (χ2n) is 8.40. The number of hydrogen-bond acceptors (Lipinski definition) is 5. The molecule has 6 nitrogen and oxygen atoms in total. The van der Waals surface area contributed by atoms with Gasteiger partial charge in [-0.15, -0.1) is 0 Å². The minimum absolute atomic E-state index is 0.0163. The number of halogens is 1. The van der Waals surface area contributed by atoms with Crippen molar-refractivity contribution in [1.82, 2.24) is 15.0 Å². The number of fused-ring (bicyclic) bond motifs is 1. The van der Waals surface area contributed by atoms with E-state index in [0.717, 1.165) is 44.5 Å². The molecule has 3 aromatic rings. The van der Waals surface area contributed by atoms with Gasteiger partial charge in [-0.1, -0.05) is 23.4 Å². The van der Waals surface area contributed by atoms with E-state index in [-0.39, 0.29) is 17.6 Å². The summed E-state index contributed by atoms with van der Waals surface area (Å²) in [4.78, 5) is 19.1. The van der Waals surface area contributed by atoms with E-state index >= 15 is 0 Å². The Bertz CT molecular complexity index is 1090. The third-order valence-electron chi connectivity index (χ3n) is 6.21. The van der Waals surface area contributed by atoms with Crippen LogP contribution in [0.2, 0.25) is 0 Å². The third kappa shape index (κ3) is 4.51. The first-order chi connectivity index (χ1) is 15.1. The van der Waals surface area contributed by atoms with Crippen LogP contribution in [0.5, 0.6) is 0 Å². The van der Waals surface area contributed by atoms with Gasteiger partial charge >= 0.3 is 0 Å². The smallest absolute Gasteiger partial charge is 0.238 e. The number of nitrogens with one attached hydrogen (secondary N) is 1. The van der Waals surface area contributed by atoms with Crippen LogP contribution in [0.4, 0.5) is 10.1 Å². The molecule has 0 atom stereocenters. The van der Waals surface area contributed by atoms with Gasteiger partial charge in [0, 0.05) is 17.2 Å². The maximum absolute atomic E-state index is 13.4. The Morgan fingerprint density at radius 1 is 1.13 bits per heavy atom. The normalized spacial score (nSPS) is 16.9. The van der Waals surface area contributed by atoms with Crippen molar-refractivity contribution in [3.05, 3.63) is 65.3 Å². The topological polar surface area (TPSA) is 71.3 Å². The monoisotopic (exact) mass is 420 g/mol. The standard InChI is InChI=1S/C24H25FN4O2/c25-20-6-2-5-19(13-20)23-27-24(31-28-23)17-9-11-29(12-10-17)15-22(30)26-21-8-7-16-3-1-4-18(16)14-21/h2,5-8,13-14,17H,1,3-4,9-12,15H2,(H,26,30). The number of aromatic nitrogens is 2. The molecule has 0 unspecified atom stereocenters. The van der Waals surface area contributed by atoms with Crippen LogP contribution >= 0.6 is 0 Å². The summed E-state index contributed by atoms with van der Waals surface area (Å²) in [7, 11) is 0. The van der Waals surface area contributed by atoms with Crippen LogP contribution in [-0.4, -0.2) is 40.6 Å². The number of aryl methyl sites for hydroxylation is 2. The Kier molecular flexibility index (Phi) is 5.51. The number of amides is 1. The van der Waals surface area contributed by atoms with Gasteiger partial charge in [-0.2, -0.15) is 4.98 Å². The molecule has 0 spiro atoms. The lowest BCUT2D eigenvalue weighted by atomic mass is 9.97. The highest BCUT2D eigenvalue weighted by Gasteiger charge is 2.26. The zero-order valence-corrected chi connectivity index (χ0v) is 17.3. The number of carbonyl (C=O) groups is 1. The van der Waals surface area contributed by atoms with Gasteiger partial charge in [0.25, 0.3) is 0 Å². The van der Waals surface area contributed by atoms with E-state index in [4.69, 9.17) is 4.52 Å². The van der Waals surface area contributed by atoms with Gasteiger partial charge in [-0.25, -0.2) is 4.39 Å². The van der Waals surface area contributed by atoms with Gasteiger partial charge in [0.2, 0.25) is 17.6 Å². The lowest BCUT2D eigenvalue weighted by Gasteiger charge is -2.29. The first kappa shape index (κ1) is 19.9. The van der Waals surface area contributed by atoms with Crippen LogP contribution in [-0.2, 0) is 17.6 Å². The molecule has 0 radical (unpaired) electrons. The molecule has 1 aliphatic heterocycles. The second-order valence-corrected chi connectivity index (χ2v) is 8.40. The Morgan fingerprint density at radius 2 is 1.97 bits per heavy atom. The van der Waals surface area contributed by atoms with Crippen LogP contribution in [0, 0.1) is 5.82 Å². The van der Waals surface area contributed by atoms with E-state index < -0.39 is 0 Å². The summed E-state index contributed by atoms with van der Waals surface area (Å²) in [6.07, 6.45) is 5.13. The summed E-state index contributed by atoms with van der Waals surface area (Å²) in [6, 6.07) is 12.4. The second kappa shape index (κ2) is 8.59. The molecule has 1 N–H and O–H groups in total. The van der Waals surface area contributed by atoms with E-state index in [1.54, 1.807) is 12.1 Å². The molecule has 2 heterocycles. The fourth-order valence-electron chi connectivity index (χ4n) is 4.54. The highest BCUT2D eigenvalue weighted by Crippen LogP contribution is 2.29. The molecule has 1 aromatic heterocycles. The molecule has 1 fully saturated rings. The minimum atomic E-state index is -0.324. The van der Waals surface area contributed by atoms with E-state index in [1.807, 2.05) is 6.07 Å². The number of benzene rings is 2. The van der Waals surface area contributed by atoms with E-state index in [0.29, 0.717) is 23.8 Å². The van der Waals surface area contributed by atoms with Gasteiger partial charge < -0.3 is 9.84 Å². The zero-order chi connectivity index (χ0) is 21.2. The predicted octanol–water partition coefficient (Wildman–Crippen LogP) is 4.18.